The molecule has 3 nitrogen and oxygen atoms in total. The summed E-state index contributed by atoms with van der Waals surface area (Å²) in [5.74, 6) is 2.04. The second-order valence-electron chi connectivity index (χ2n) is 5.95. The second kappa shape index (κ2) is 10.1. The van der Waals surface area contributed by atoms with E-state index in [1.54, 1.807) is 0 Å². The predicted molar refractivity (Wildman–Crippen MR) is 101 cm³/mol. The molecule has 2 N–H and O–H groups in total. The largest absolute Gasteiger partial charge is 0.356 e. The van der Waals surface area contributed by atoms with Crippen LogP contribution in [0.25, 0.3) is 0 Å². The van der Waals surface area contributed by atoms with Crippen molar-refractivity contribution in [3.63, 3.8) is 0 Å². The van der Waals surface area contributed by atoms with Gasteiger partial charge in [0.15, 0.2) is 5.96 Å². The third-order valence-corrected chi connectivity index (χ3v) is 5.40. The van der Waals surface area contributed by atoms with Gasteiger partial charge in [-0.05, 0) is 44.3 Å². The number of rotatable bonds is 6. The highest BCUT2D eigenvalue weighted by Gasteiger charge is 2.22. The van der Waals surface area contributed by atoms with Crippen LogP contribution in [0.1, 0.15) is 51.4 Å². The standard InChI is InChI=1S/C15H29N3S.HI/c1-16-15(17-10-4-5-12-8-9-12)18-13-6-3-7-14(11-13)19-2;/h12-14H,3-11H2,1-2H3,(H2,16,17,18);1H. The molecule has 2 aliphatic carbocycles. The second-order valence-corrected chi connectivity index (χ2v) is 7.09. The zero-order valence-electron chi connectivity index (χ0n) is 12.9. The van der Waals surface area contributed by atoms with Gasteiger partial charge in [-0.1, -0.05) is 19.3 Å². The molecule has 0 spiro atoms. The number of aliphatic imine (C=N–C) groups is 1. The van der Waals surface area contributed by atoms with E-state index in [4.69, 9.17) is 0 Å². The van der Waals surface area contributed by atoms with Crippen LogP contribution in [-0.4, -0.2) is 37.1 Å². The molecule has 0 amide bonds. The Bertz CT molecular complexity index is 295. The normalized spacial score (nSPS) is 26.8. The first-order valence-electron chi connectivity index (χ1n) is 7.81. The molecule has 2 rings (SSSR count). The molecule has 118 valence electrons. The molecule has 2 atom stereocenters. The van der Waals surface area contributed by atoms with E-state index < -0.39 is 0 Å². The third kappa shape index (κ3) is 6.87. The number of guanidine groups is 1. The van der Waals surface area contributed by atoms with Crippen LogP contribution >= 0.6 is 35.7 Å². The average molecular weight is 411 g/mol. The Morgan fingerprint density at radius 2 is 2.05 bits per heavy atom. The van der Waals surface area contributed by atoms with Crippen molar-refractivity contribution >= 4 is 41.7 Å². The molecular weight excluding hydrogens is 381 g/mol. The van der Waals surface area contributed by atoms with Gasteiger partial charge in [-0.2, -0.15) is 11.8 Å². The van der Waals surface area contributed by atoms with Gasteiger partial charge in [0, 0.05) is 24.9 Å². The lowest BCUT2D eigenvalue weighted by atomic mass is 9.95. The summed E-state index contributed by atoms with van der Waals surface area (Å²) in [6.45, 7) is 1.06. The summed E-state index contributed by atoms with van der Waals surface area (Å²) in [6, 6.07) is 0.612. The monoisotopic (exact) mass is 411 g/mol. The average Bonchev–Trinajstić information content (AvgIpc) is 3.26. The minimum atomic E-state index is 0. The van der Waals surface area contributed by atoms with Crippen LogP contribution in [0.2, 0.25) is 0 Å². The summed E-state index contributed by atoms with van der Waals surface area (Å²) in [4.78, 5) is 4.35. The van der Waals surface area contributed by atoms with E-state index in [9.17, 15) is 0 Å². The number of halogens is 1. The maximum atomic E-state index is 4.35. The molecule has 0 aliphatic heterocycles. The van der Waals surface area contributed by atoms with Gasteiger partial charge in [-0.3, -0.25) is 4.99 Å². The molecule has 0 radical (unpaired) electrons. The van der Waals surface area contributed by atoms with Crippen LogP contribution in [0.4, 0.5) is 0 Å². The summed E-state index contributed by atoms with van der Waals surface area (Å²) in [5, 5.41) is 7.90. The molecule has 20 heavy (non-hydrogen) atoms. The minimum absolute atomic E-state index is 0. The first kappa shape index (κ1) is 18.4. The van der Waals surface area contributed by atoms with Gasteiger partial charge < -0.3 is 10.6 Å². The van der Waals surface area contributed by atoms with Crippen molar-refractivity contribution in [2.75, 3.05) is 19.8 Å². The number of hydrogen-bond donors (Lipinski definition) is 2. The third-order valence-electron chi connectivity index (χ3n) is 4.30. The van der Waals surface area contributed by atoms with Crippen LogP contribution in [0, 0.1) is 5.92 Å². The highest BCUT2D eigenvalue weighted by Crippen LogP contribution is 2.33. The molecule has 0 aromatic carbocycles. The number of nitrogens with one attached hydrogen (secondary N) is 2. The molecule has 2 fully saturated rings. The molecular formula is C15H30IN3S. The molecule has 2 aliphatic rings. The topological polar surface area (TPSA) is 36.4 Å². The SMILES string of the molecule is CN=C(NCCCC1CC1)NC1CCCC(SC)C1.I. The Balaban J connectivity index is 0.00000200. The van der Waals surface area contributed by atoms with Crippen molar-refractivity contribution in [1.29, 1.82) is 0 Å². The van der Waals surface area contributed by atoms with E-state index in [1.165, 1.54) is 51.4 Å². The van der Waals surface area contributed by atoms with Gasteiger partial charge in [0.1, 0.15) is 0 Å². The first-order chi connectivity index (χ1) is 9.31. The maximum absolute atomic E-state index is 4.35. The quantitative estimate of drug-likeness (QED) is 0.303. The lowest BCUT2D eigenvalue weighted by molar-refractivity contribution is 0.419. The van der Waals surface area contributed by atoms with Gasteiger partial charge >= 0.3 is 0 Å². The maximum Gasteiger partial charge on any atom is 0.191 e. The van der Waals surface area contributed by atoms with Gasteiger partial charge in [0.05, 0.1) is 0 Å². The molecule has 0 aromatic rings. The van der Waals surface area contributed by atoms with Gasteiger partial charge in [-0.15, -0.1) is 24.0 Å². The summed E-state index contributed by atoms with van der Waals surface area (Å²) in [6.07, 6.45) is 13.1. The van der Waals surface area contributed by atoms with E-state index in [2.05, 4.69) is 21.9 Å². The Labute approximate surface area is 145 Å². The van der Waals surface area contributed by atoms with Crippen molar-refractivity contribution in [2.45, 2.75) is 62.7 Å². The predicted octanol–water partition coefficient (Wildman–Crippen LogP) is 3.63. The molecule has 0 saturated heterocycles. The van der Waals surface area contributed by atoms with E-state index in [-0.39, 0.29) is 24.0 Å². The number of nitrogens with zero attached hydrogens (tertiary/aromatic N) is 1. The smallest absolute Gasteiger partial charge is 0.191 e. The summed E-state index contributed by atoms with van der Waals surface area (Å²) in [5.41, 5.74) is 0. The molecule has 0 aromatic heterocycles. The van der Waals surface area contributed by atoms with Crippen molar-refractivity contribution in [2.24, 2.45) is 10.9 Å². The van der Waals surface area contributed by atoms with Crippen LogP contribution in [0.15, 0.2) is 4.99 Å². The van der Waals surface area contributed by atoms with E-state index in [1.807, 2.05) is 18.8 Å². The zero-order chi connectivity index (χ0) is 13.5. The van der Waals surface area contributed by atoms with Crippen molar-refractivity contribution < 1.29 is 0 Å². The summed E-state index contributed by atoms with van der Waals surface area (Å²) in [7, 11) is 1.88. The van der Waals surface area contributed by atoms with Crippen molar-refractivity contribution in [3.05, 3.63) is 0 Å². The van der Waals surface area contributed by atoms with Gasteiger partial charge in [-0.25, -0.2) is 0 Å². The van der Waals surface area contributed by atoms with Gasteiger partial charge in [0.2, 0.25) is 0 Å². The number of hydrogen-bond acceptors (Lipinski definition) is 2. The van der Waals surface area contributed by atoms with Crippen LogP contribution < -0.4 is 10.6 Å². The lowest BCUT2D eigenvalue weighted by Gasteiger charge is -2.29. The van der Waals surface area contributed by atoms with Crippen LogP contribution in [0.5, 0.6) is 0 Å². The summed E-state index contributed by atoms with van der Waals surface area (Å²) >= 11 is 2.02. The molecule has 0 bridgehead atoms. The van der Waals surface area contributed by atoms with Crippen molar-refractivity contribution in [3.8, 4) is 0 Å². The van der Waals surface area contributed by atoms with Gasteiger partial charge in [0.25, 0.3) is 0 Å². The fourth-order valence-corrected chi connectivity index (χ4v) is 3.71. The molecule has 2 unspecified atom stereocenters. The molecule has 2 saturated carbocycles. The van der Waals surface area contributed by atoms with Crippen LogP contribution in [0.3, 0.4) is 0 Å². The molecule has 0 heterocycles. The lowest BCUT2D eigenvalue weighted by Crippen LogP contribution is -2.45. The Hall–Kier alpha value is 0.350. The Morgan fingerprint density at radius 3 is 2.70 bits per heavy atom. The molecule has 5 heteroatoms. The van der Waals surface area contributed by atoms with E-state index >= 15 is 0 Å². The fourth-order valence-electron chi connectivity index (χ4n) is 2.88. The van der Waals surface area contributed by atoms with Crippen molar-refractivity contribution in [1.82, 2.24) is 10.6 Å². The highest BCUT2D eigenvalue weighted by molar-refractivity contribution is 14.0. The van der Waals surface area contributed by atoms with E-state index in [0.717, 1.165) is 23.7 Å². The van der Waals surface area contributed by atoms with E-state index in [0.29, 0.717) is 6.04 Å². The zero-order valence-corrected chi connectivity index (χ0v) is 16.0. The first-order valence-corrected chi connectivity index (χ1v) is 9.10. The minimum Gasteiger partial charge on any atom is -0.356 e. The fraction of sp³-hybridized carbons (Fsp3) is 0.933. The summed E-state index contributed by atoms with van der Waals surface area (Å²) < 4.78 is 0. The Kier molecular flexibility index (Phi) is 9.33. The number of thioether (sulfide) groups is 1. The van der Waals surface area contributed by atoms with Crippen LogP contribution in [-0.2, 0) is 0 Å². The Morgan fingerprint density at radius 1 is 1.25 bits per heavy atom. The highest BCUT2D eigenvalue weighted by atomic mass is 127.